The molecule has 2 atom stereocenters. The van der Waals surface area contributed by atoms with E-state index in [1.54, 1.807) is 12.1 Å². The van der Waals surface area contributed by atoms with Gasteiger partial charge < -0.3 is 5.32 Å². The summed E-state index contributed by atoms with van der Waals surface area (Å²) in [4.78, 5) is 12.1. The van der Waals surface area contributed by atoms with Gasteiger partial charge >= 0.3 is 0 Å². The summed E-state index contributed by atoms with van der Waals surface area (Å²) in [5, 5.41) is 13.6. The molecular weight excluding hydrogens is 228 g/mol. The average Bonchev–Trinajstić information content (AvgIpc) is 2.98. The molecule has 5 nitrogen and oxygen atoms in total. The minimum Gasteiger partial charge on any atom is -0.349 e. The fourth-order valence-electron chi connectivity index (χ4n) is 2.59. The Morgan fingerprint density at radius 2 is 2.17 bits per heavy atom. The van der Waals surface area contributed by atoms with Crippen LogP contribution in [0.5, 0.6) is 0 Å². The van der Waals surface area contributed by atoms with Gasteiger partial charge in [-0.2, -0.15) is 15.4 Å². The van der Waals surface area contributed by atoms with Crippen LogP contribution < -0.4 is 5.32 Å². The number of benzene rings is 1. The van der Waals surface area contributed by atoms with Crippen LogP contribution in [0.15, 0.2) is 18.2 Å². The SMILES string of the molecule is CC1CCCC1NC(=O)c1ccc2n[nH]nc2c1. The van der Waals surface area contributed by atoms with Crippen molar-refractivity contribution >= 4 is 16.9 Å². The van der Waals surface area contributed by atoms with Crippen molar-refractivity contribution in [2.24, 2.45) is 5.92 Å². The highest BCUT2D eigenvalue weighted by atomic mass is 16.1. The van der Waals surface area contributed by atoms with Gasteiger partial charge in [0, 0.05) is 11.6 Å². The Bertz CT molecular complexity index is 577. The van der Waals surface area contributed by atoms with E-state index in [1.807, 2.05) is 6.07 Å². The Balaban J connectivity index is 1.78. The van der Waals surface area contributed by atoms with Gasteiger partial charge in [0.25, 0.3) is 5.91 Å². The molecule has 0 radical (unpaired) electrons. The molecule has 0 saturated heterocycles. The van der Waals surface area contributed by atoms with Gasteiger partial charge in [0.2, 0.25) is 0 Å². The molecule has 3 rings (SSSR count). The Morgan fingerprint density at radius 1 is 1.33 bits per heavy atom. The molecule has 5 heteroatoms. The molecule has 0 bridgehead atoms. The molecule has 94 valence electrons. The molecule has 0 aliphatic heterocycles. The standard InChI is InChI=1S/C13H16N4O/c1-8-3-2-4-10(8)14-13(18)9-5-6-11-12(7-9)16-17-15-11/h5-8,10H,2-4H2,1H3,(H,14,18)(H,15,16,17). The number of carbonyl (C=O) groups excluding carboxylic acids is 1. The second kappa shape index (κ2) is 4.40. The third-order valence-electron chi connectivity index (χ3n) is 3.76. The maximum atomic E-state index is 12.1. The van der Waals surface area contributed by atoms with Gasteiger partial charge in [-0.1, -0.05) is 13.3 Å². The molecule has 0 spiro atoms. The smallest absolute Gasteiger partial charge is 0.251 e. The lowest BCUT2D eigenvalue weighted by atomic mass is 10.1. The second-order valence-corrected chi connectivity index (χ2v) is 5.02. The van der Waals surface area contributed by atoms with E-state index >= 15 is 0 Å². The molecule has 1 aromatic carbocycles. The summed E-state index contributed by atoms with van der Waals surface area (Å²) in [6.07, 6.45) is 3.49. The largest absolute Gasteiger partial charge is 0.349 e. The normalized spacial score (nSPS) is 23.4. The number of carbonyl (C=O) groups is 1. The summed E-state index contributed by atoms with van der Waals surface area (Å²) >= 11 is 0. The number of hydrogen-bond acceptors (Lipinski definition) is 3. The van der Waals surface area contributed by atoms with Crippen LogP contribution in [0.3, 0.4) is 0 Å². The topological polar surface area (TPSA) is 70.7 Å². The van der Waals surface area contributed by atoms with Gasteiger partial charge in [0.15, 0.2) is 0 Å². The van der Waals surface area contributed by atoms with Crippen molar-refractivity contribution in [1.29, 1.82) is 0 Å². The van der Waals surface area contributed by atoms with Crippen molar-refractivity contribution in [3.63, 3.8) is 0 Å². The Kier molecular flexibility index (Phi) is 2.74. The fourth-order valence-corrected chi connectivity index (χ4v) is 2.59. The number of aromatic amines is 1. The minimum absolute atomic E-state index is 0.0151. The molecule has 1 fully saturated rings. The number of amides is 1. The molecule has 1 heterocycles. The van der Waals surface area contributed by atoms with E-state index in [1.165, 1.54) is 12.8 Å². The third kappa shape index (κ3) is 1.96. The number of nitrogens with zero attached hydrogens (tertiary/aromatic N) is 2. The van der Waals surface area contributed by atoms with E-state index in [0.29, 0.717) is 17.5 Å². The number of rotatable bonds is 2. The van der Waals surface area contributed by atoms with Gasteiger partial charge in [0.05, 0.1) is 0 Å². The predicted octanol–water partition coefficient (Wildman–Crippen LogP) is 1.88. The Hall–Kier alpha value is -1.91. The number of fused-ring (bicyclic) bond motifs is 1. The number of H-pyrrole nitrogens is 1. The lowest BCUT2D eigenvalue weighted by Gasteiger charge is -2.17. The van der Waals surface area contributed by atoms with Crippen molar-refractivity contribution in [2.75, 3.05) is 0 Å². The zero-order valence-corrected chi connectivity index (χ0v) is 10.3. The molecule has 1 amide bonds. The molecular formula is C13H16N4O. The van der Waals surface area contributed by atoms with Crippen molar-refractivity contribution in [2.45, 2.75) is 32.2 Å². The van der Waals surface area contributed by atoms with Crippen LogP contribution in [0.1, 0.15) is 36.5 Å². The first-order valence-electron chi connectivity index (χ1n) is 6.35. The van der Waals surface area contributed by atoms with Crippen molar-refractivity contribution < 1.29 is 4.79 Å². The van der Waals surface area contributed by atoms with Gasteiger partial charge in [-0.15, -0.1) is 0 Å². The van der Waals surface area contributed by atoms with Crippen LogP contribution in [0.25, 0.3) is 11.0 Å². The van der Waals surface area contributed by atoms with Crippen LogP contribution in [0.2, 0.25) is 0 Å². The van der Waals surface area contributed by atoms with E-state index in [-0.39, 0.29) is 5.91 Å². The maximum Gasteiger partial charge on any atom is 0.251 e. The number of nitrogens with one attached hydrogen (secondary N) is 2. The summed E-state index contributed by atoms with van der Waals surface area (Å²) in [6.45, 7) is 2.19. The maximum absolute atomic E-state index is 12.1. The highest BCUT2D eigenvalue weighted by Gasteiger charge is 2.25. The summed E-state index contributed by atoms with van der Waals surface area (Å²) < 4.78 is 0. The van der Waals surface area contributed by atoms with E-state index < -0.39 is 0 Å². The molecule has 2 N–H and O–H groups in total. The van der Waals surface area contributed by atoms with Gasteiger partial charge in [-0.25, -0.2) is 0 Å². The van der Waals surface area contributed by atoms with Gasteiger partial charge in [-0.05, 0) is 37.0 Å². The highest BCUT2D eigenvalue weighted by Crippen LogP contribution is 2.25. The number of aromatic nitrogens is 3. The first kappa shape index (κ1) is 11.2. The molecule has 1 aromatic heterocycles. The zero-order chi connectivity index (χ0) is 12.5. The monoisotopic (exact) mass is 244 g/mol. The van der Waals surface area contributed by atoms with Crippen LogP contribution in [0, 0.1) is 5.92 Å². The minimum atomic E-state index is -0.0151. The number of hydrogen-bond donors (Lipinski definition) is 2. The van der Waals surface area contributed by atoms with Crippen molar-refractivity contribution in [3.8, 4) is 0 Å². The molecule has 1 aliphatic rings. The third-order valence-corrected chi connectivity index (χ3v) is 3.76. The van der Waals surface area contributed by atoms with Crippen molar-refractivity contribution in [1.82, 2.24) is 20.7 Å². The van der Waals surface area contributed by atoms with Crippen LogP contribution >= 0.6 is 0 Å². The van der Waals surface area contributed by atoms with Crippen LogP contribution in [-0.2, 0) is 0 Å². The first-order chi connectivity index (χ1) is 8.74. The second-order valence-electron chi connectivity index (χ2n) is 5.02. The van der Waals surface area contributed by atoms with Gasteiger partial charge in [0.1, 0.15) is 11.0 Å². The highest BCUT2D eigenvalue weighted by molar-refractivity contribution is 5.97. The molecule has 1 aliphatic carbocycles. The van der Waals surface area contributed by atoms with E-state index in [4.69, 9.17) is 0 Å². The fraction of sp³-hybridized carbons (Fsp3) is 0.462. The van der Waals surface area contributed by atoms with E-state index in [9.17, 15) is 4.79 Å². The molecule has 1 saturated carbocycles. The first-order valence-corrected chi connectivity index (χ1v) is 6.35. The molecule has 2 aromatic rings. The quantitative estimate of drug-likeness (QED) is 0.847. The zero-order valence-electron chi connectivity index (χ0n) is 10.3. The summed E-state index contributed by atoms with van der Waals surface area (Å²) in [7, 11) is 0. The average molecular weight is 244 g/mol. The van der Waals surface area contributed by atoms with E-state index in [2.05, 4.69) is 27.7 Å². The predicted molar refractivity (Wildman–Crippen MR) is 68.2 cm³/mol. The van der Waals surface area contributed by atoms with Crippen LogP contribution in [0.4, 0.5) is 0 Å². The van der Waals surface area contributed by atoms with Crippen LogP contribution in [-0.4, -0.2) is 27.4 Å². The van der Waals surface area contributed by atoms with E-state index in [0.717, 1.165) is 17.5 Å². The summed E-state index contributed by atoms with van der Waals surface area (Å²) in [6, 6.07) is 5.69. The molecule has 2 unspecified atom stereocenters. The lowest BCUT2D eigenvalue weighted by Crippen LogP contribution is -2.36. The Morgan fingerprint density at radius 3 is 2.94 bits per heavy atom. The molecule has 18 heavy (non-hydrogen) atoms. The summed E-state index contributed by atoms with van der Waals surface area (Å²) in [5.41, 5.74) is 2.15. The van der Waals surface area contributed by atoms with Crippen molar-refractivity contribution in [3.05, 3.63) is 23.8 Å². The Labute approximate surface area is 105 Å². The lowest BCUT2D eigenvalue weighted by molar-refractivity contribution is 0.0930. The van der Waals surface area contributed by atoms with Gasteiger partial charge in [-0.3, -0.25) is 4.79 Å². The summed E-state index contributed by atoms with van der Waals surface area (Å²) in [5.74, 6) is 0.559.